The third-order valence-corrected chi connectivity index (χ3v) is 15.5. The predicted molar refractivity (Wildman–Crippen MR) is 296 cm³/mol. The van der Waals surface area contributed by atoms with Crippen LogP contribution in [0.25, 0.3) is 99.1 Å². The molecule has 0 atom stereocenters. The van der Waals surface area contributed by atoms with Crippen molar-refractivity contribution in [2.45, 2.75) is 5.41 Å². The molecule has 2 aliphatic rings. The number of benzene rings is 12. The van der Waals surface area contributed by atoms with E-state index >= 15 is 0 Å². The van der Waals surface area contributed by atoms with Crippen LogP contribution in [0.4, 0.5) is 17.1 Å². The second-order valence-electron chi connectivity index (χ2n) is 19.2. The number of rotatable bonds is 6. The molecule has 71 heavy (non-hydrogen) atoms. The standard InChI is InChI=1S/C69H43NO/c1-2-13-48-40-50(29-28-44(48)12-1)53-33-32-51-41-49(30-31-52(51)42-53)47-26-24-45(25-27-47)46-34-36-54(37-35-46)70(66-22-11-18-61-60-17-6-10-23-67(60)71-68(61)66)55-38-39-59-58-16-5-9-21-64(58)69(65(59)43-55)62-19-7-3-14-56(62)57-15-4-8-20-63(57)69/h1-43H. The second-order valence-corrected chi connectivity index (χ2v) is 19.2. The van der Waals surface area contributed by atoms with Gasteiger partial charge in [0, 0.05) is 22.1 Å². The lowest BCUT2D eigenvalue weighted by Crippen LogP contribution is -2.26. The number of para-hydroxylation sites is 2. The molecule has 0 saturated heterocycles. The van der Waals surface area contributed by atoms with Crippen LogP contribution >= 0.6 is 0 Å². The first kappa shape index (κ1) is 39.7. The van der Waals surface area contributed by atoms with Crippen LogP contribution in [0.3, 0.4) is 0 Å². The monoisotopic (exact) mass is 901 g/mol. The molecule has 0 bridgehead atoms. The van der Waals surface area contributed by atoms with E-state index in [9.17, 15) is 0 Å². The van der Waals surface area contributed by atoms with Gasteiger partial charge in [-0.05, 0) is 154 Å². The van der Waals surface area contributed by atoms with Gasteiger partial charge in [0.1, 0.15) is 5.58 Å². The zero-order chi connectivity index (χ0) is 46.6. The Bertz CT molecular complexity index is 4230. The second kappa shape index (κ2) is 15.4. The fraction of sp³-hybridized carbons (Fsp3) is 0.0145. The molecule has 0 fully saturated rings. The van der Waals surface area contributed by atoms with Crippen molar-refractivity contribution in [3.63, 3.8) is 0 Å². The van der Waals surface area contributed by atoms with Crippen LogP contribution in [0.1, 0.15) is 22.3 Å². The predicted octanol–water partition coefficient (Wildman–Crippen LogP) is 18.7. The van der Waals surface area contributed by atoms with Crippen molar-refractivity contribution in [2.75, 3.05) is 4.90 Å². The molecule has 2 heteroatoms. The Morgan fingerprint density at radius 3 is 1.35 bits per heavy atom. The first-order chi connectivity index (χ1) is 35.2. The molecule has 330 valence electrons. The first-order valence-corrected chi connectivity index (χ1v) is 24.6. The van der Waals surface area contributed by atoms with E-state index in [-0.39, 0.29) is 0 Å². The Labute approximate surface area is 412 Å². The molecule has 0 unspecified atom stereocenters. The largest absolute Gasteiger partial charge is 0.454 e. The van der Waals surface area contributed by atoms with Gasteiger partial charge < -0.3 is 9.32 Å². The van der Waals surface area contributed by atoms with E-state index in [4.69, 9.17) is 4.42 Å². The average molecular weight is 902 g/mol. The molecular formula is C69H43NO. The van der Waals surface area contributed by atoms with E-state index < -0.39 is 5.41 Å². The third kappa shape index (κ3) is 5.95. The lowest BCUT2D eigenvalue weighted by atomic mass is 9.70. The Balaban J connectivity index is 0.814. The van der Waals surface area contributed by atoms with Gasteiger partial charge in [-0.15, -0.1) is 0 Å². The minimum Gasteiger partial charge on any atom is -0.454 e. The number of anilines is 3. The number of fused-ring (bicyclic) bond motifs is 15. The highest BCUT2D eigenvalue weighted by atomic mass is 16.3. The van der Waals surface area contributed by atoms with Crippen molar-refractivity contribution < 1.29 is 4.42 Å². The minimum atomic E-state index is -0.461. The van der Waals surface area contributed by atoms with Gasteiger partial charge in [-0.2, -0.15) is 0 Å². The molecule has 1 heterocycles. The van der Waals surface area contributed by atoms with Gasteiger partial charge in [0.25, 0.3) is 0 Å². The molecule has 0 aliphatic heterocycles. The van der Waals surface area contributed by atoms with Crippen molar-refractivity contribution in [2.24, 2.45) is 0 Å². The quantitative estimate of drug-likeness (QED) is 0.165. The van der Waals surface area contributed by atoms with Crippen molar-refractivity contribution in [3.05, 3.63) is 283 Å². The Morgan fingerprint density at radius 2 is 0.718 bits per heavy atom. The highest BCUT2D eigenvalue weighted by Crippen LogP contribution is 2.63. The SMILES string of the molecule is c1ccc2c(c1)-c1ccccc1C21c2ccccc2-c2ccc(N(c3ccc(-c4ccc(-c5ccc6cc(-c7ccc8ccccc8c7)ccc6c5)cc4)cc3)c3cccc4c3oc3ccccc34)cc21. The summed E-state index contributed by atoms with van der Waals surface area (Å²) in [6, 6.07) is 96.0. The molecule has 15 rings (SSSR count). The summed E-state index contributed by atoms with van der Waals surface area (Å²) in [5, 5.41) is 7.20. The minimum absolute atomic E-state index is 0.461. The van der Waals surface area contributed by atoms with Gasteiger partial charge in [-0.3, -0.25) is 0 Å². The molecule has 12 aromatic carbocycles. The van der Waals surface area contributed by atoms with Gasteiger partial charge in [0.2, 0.25) is 0 Å². The number of furan rings is 1. The maximum atomic E-state index is 6.80. The lowest BCUT2D eigenvalue weighted by Gasteiger charge is -2.32. The van der Waals surface area contributed by atoms with E-state index in [1.54, 1.807) is 0 Å². The number of nitrogens with zero attached hydrogens (tertiary/aromatic N) is 1. The molecule has 0 N–H and O–H groups in total. The highest BCUT2D eigenvalue weighted by molar-refractivity contribution is 6.10. The van der Waals surface area contributed by atoms with Crippen LogP contribution < -0.4 is 4.90 Å². The van der Waals surface area contributed by atoms with Crippen molar-refractivity contribution in [1.82, 2.24) is 0 Å². The van der Waals surface area contributed by atoms with Gasteiger partial charge in [-0.1, -0.05) is 206 Å². The first-order valence-electron chi connectivity index (χ1n) is 24.6. The van der Waals surface area contributed by atoms with Crippen molar-refractivity contribution >= 4 is 60.5 Å². The van der Waals surface area contributed by atoms with E-state index in [2.05, 4.69) is 260 Å². The Hall–Kier alpha value is -9.24. The van der Waals surface area contributed by atoms with Crippen LogP contribution in [0.2, 0.25) is 0 Å². The van der Waals surface area contributed by atoms with Crippen LogP contribution in [-0.2, 0) is 5.41 Å². The smallest absolute Gasteiger partial charge is 0.159 e. The van der Waals surface area contributed by atoms with Crippen molar-refractivity contribution in [3.8, 4) is 55.6 Å². The van der Waals surface area contributed by atoms with E-state index in [0.29, 0.717) is 0 Å². The summed E-state index contributed by atoms with van der Waals surface area (Å²) in [5.74, 6) is 0. The van der Waals surface area contributed by atoms with Gasteiger partial charge in [0.15, 0.2) is 5.58 Å². The van der Waals surface area contributed by atoms with Crippen LogP contribution in [0.5, 0.6) is 0 Å². The van der Waals surface area contributed by atoms with E-state index in [0.717, 1.165) is 44.6 Å². The molecule has 0 radical (unpaired) electrons. The summed E-state index contributed by atoms with van der Waals surface area (Å²) in [6.45, 7) is 0. The van der Waals surface area contributed by atoms with Gasteiger partial charge in [0.05, 0.1) is 11.1 Å². The molecular weight excluding hydrogens is 859 g/mol. The topological polar surface area (TPSA) is 16.4 Å². The molecule has 2 aliphatic carbocycles. The molecule has 1 spiro atoms. The van der Waals surface area contributed by atoms with Gasteiger partial charge in [-0.25, -0.2) is 0 Å². The average Bonchev–Trinajstić information content (AvgIpc) is 4.08. The number of hydrogen-bond acceptors (Lipinski definition) is 2. The Morgan fingerprint density at radius 1 is 0.282 bits per heavy atom. The van der Waals surface area contributed by atoms with Crippen LogP contribution in [0, 0.1) is 0 Å². The van der Waals surface area contributed by atoms with E-state index in [1.165, 1.54) is 93.9 Å². The highest BCUT2D eigenvalue weighted by Gasteiger charge is 2.51. The summed E-state index contributed by atoms with van der Waals surface area (Å²) < 4.78 is 6.80. The molecule has 2 nitrogen and oxygen atoms in total. The number of hydrogen-bond donors (Lipinski definition) is 0. The molecule has 0 saturated carbocycles. The summed E-state index contributed by atoms with van der Waals surface area (Å²) in [4.78, 5) is 2.39. The van der Waals surface area contributed by atoms with E-state index in [1.807, 2.05) is 6.07 Å². The third-order valence-electron chi connectivity index (χ3n) is 15.5. The lowest BCUT2D eigenvalue weighted by molar-refractivity contribution is 0.669. The fourth-order valence-electron chi connectivity index (χ4n) is 12.2. The summed E-state index contributed by atoms with van der Waals surface area (Å²) in [6.07, 6.45) is 0. The van der Waals surface area contributed by atoms with Crippen LogP contribution in [-0.4, -0.2) is 0 Å². The zero-order valence-electron chi connectivity index (χ0n) is 38.7. The summed E-state index contributed by atoms with van der Waals surface area (Å²) >= 11 is 0. The maximum absolute atomic E-state index is 6.80. The fourth-order valence-corrected chi connectivity index (χ4v) is 12.2. The Kier molecular flexibility index (Phi) is 8.61. The maximum Gasteiger partial charge on any atom is 0.159 e. The van der Waals surface area contributed by atoms with Crippen molar-refractivity contribution in [1.29, 1.82) is 0 Å². The summed E-state index contributed by atoms with van der Waals surface area (Å²) in [7, 11) is 0. The molecule has 1 aromatic heterocycles. The normalized spacial score (nSPS) is 12.9. The van der Waals surface area contributed by atoms with Crippen LogP contribution in [0.15, 0.2) is 265 Å². The molecule has 0 amide bonds. The van der Waals surface area contributed by atoms with Gasteiger partial charge >= 0.3 is 0 Å². The zero-order valence-corrected chi connectivity index (χ0v) is 38.7. The molecule has 13 aromatic rings. The summed E-state index contributed by atoms with van der Waals surface area (Å²) in [5.41, 5.74) is 22.0.